The summed E-state index contributed by atoms with van der Waals surface area (Å²) in [6.07, 6.45) is 12.9. The number of benzene rings is 1. The second kappa shape index (κ2) is 20.6. The molecule has 1 aromatic carbocycles. The zero-order chi connectivity index (χ0) is 46.3. The van der Waals surface area contributed by atoms with Gasteiger partial charge in [0.2, 0.25) is 17.7 Å². The molecule has 9 rings (SSSR count). The number of aryl methyl sites for hydroxylation is 1. The first-order valence-electron chi connectivity index (χ1n) is 22.9. The molecule has 1 saturated heterocycles. The predicted molar refractivity (Wildman–Crippen MR) is 245 cm³/mol. The van der Waals surface area contributed by atoms with Crippen molar-refractivity contribution in [3.63, 3.8) is 0 Å². The molecule has 67 heavy (non-hydrogen) atoms. The van der Waals surface area contributed by atoms with E-state index in [4.69, 9.17) is 9.47 Å². The van der Waals surface area contributed by atoms with E-state index < -0.39 is 29.7 Å². The fourth-order valence-electron chi connectivity index (χ4n) is 8.74. The summed E-state index contributed by atoms with van der Waals surface area (Å²) in [5.74, 6) is -1.19. The molecule has 3 fully saturated rings. The van der Waals surface area contributed by atoms with E-state index in [2.05, 4.69) is 46.5 Å². The highest BCUT2D eigenvalue weighted by Crippen LogP contribution is 2.32. The molecule has 5 N–H and O–H groups in total. The Bertz CT molecular complexity index is 2680. The zero-order valence-electron chi connectivity index (χ0n) is 36.9. The molecule has 6 amide bonds. The van der Waals surface area contributed by atoms with Crippen LogP contribution < -0.4 is 26.6 Å². The number of fused-ring (bicyclic) bond motifs is 2. The summed E-state index contributed by atoms with van der Waals surface area (Å²) in [7, 11) is 0. The van der Waals surface area contributed by atoms with Crippen molar-refractivity contribution in [2.75, 3.05) is 30.4 Å². The summed E-state index contributed by atoms with van der Waals surface area (Å²) in [6.45, 7) is 1.75. The number of nitrogens with zero attached hydrogens (tertiary/aromatic N) is 5. The highest BCUT2D eigenvalue weighted by molar-refractivity contribution is 6.24. The van der Waals surface area contributed by atoms with E-state index in [0.29, 0.717) is 99.3 Å². The summed E-state index contributed by atoms with van der Waals surface area (Å²) in [5, 5.41) is 16.1. The van der Waals surface area contributed by atoms with Gasteiger partial charge in [-0.15, -0.1) is 0 Å². The van der Waals surface area contributed by atoms with Gasteiger partial charge >= 0.3 is 0 Å². The first-order valence-corrected chi connectivity index (χ1v) is 22.9. The normalized spacial score (nSPS) is 19.2. The second-order valence-corrected chi connectivity index (χ2v) is 17.4. The minimum Gasteiger partial charge on any atom is -0.382 e. The molecular weight excluding hydrogens is 857 g/mol. The standard InChI is InChI=1S/C49H52N10O8/c60-43-17-15-40(47(63)58-43)59-48(64)36-5-1-3-30(44(36)49(59)65)4-2-21-66-27-29-6-10-35(52-24-29)28-67-22-20-51-45(61)31-7-11-34(12-8-31)55-46(62)37-26-53-42(23-39(37)54-33-13-14-33)57-41-16-9-32-25-50-19-18-38(32)56-41/h1,3,5-6,9-10,16,18-19,23-26,31,33-34,40H,2,4,7-8,11-15,17,20-22,27-28H2,(H,51,61)(H,55,62)(H,58,60,63)(H2,53,54,56,57). The molecule has 4 aliphatic rings. The van der Waals surface area contributed by atoms with Gasteiger partial charge in [0.25, 0.3) is 17.7 Å². The number of piperidine rings is 1. The number of hydrogen-bond acceptors (Lipinski definition) is 14. The van der Waals surface area contributed by atoms with Gasteiger partial charge in [-0.25, -0.2) is 9.97 Å². The maximum atomic E-state index is 13.5. The third kappa shape index (κ3) is 10.9. The van der Waals surface area contributed by atoms with Crippen LogP contribution in [0.2, 0.25) is 0 Å². The van der Waals surface area contributed by atoms with Gasteiger partial charge < -0.3 is 30.7 Å². The number of nitrogens with one attached hydrogen (secondary N) is 5. The highest BCUT2D eigenvalue weighted by atomic mass is 16.5. The maximum absolute atomic E-state index is 13.5. The molecule has 1 atom stereocenters. The van der Waals surface area contributed by atoms with Crippen LogP contribution in [0.3, 0.4) is 0 Å². The molecule has 0 radical (unpaired) electrons. The highest BCUT2D eigenvalue weighted by Gasteiger charge is 2.45. The Labute approximate surface area is 386 Å². The van der Waals surface area contributed by atoms with Crippen molar-refractivity contribution in [2.24, 2.45) is 5.92 Å². The summed E-state index contributed by atoms with van der Waals surface area (Å²) in [5.41, 5.74) is 4.93. The van der Waals surface area contributed by atoms with Gasteiger partial charge in [0, 0.05) is 73.8 Å². The summed E-state index contributed by atoms with van der Waals surface area (Å²) >= 11 is 0. The monoisotopic (exact) mass is 908 g/mol. The van der Waals surface area contributed by atoms with E-state index in [1.54, 1.807) is 43.0 Å². The topological polar surface area (TPSA) is 236 Å². The average molecular weight is 909 g/mol. The lowest BCUT2D eigenvalue weighted by molar-refractivity contribution is -0.136. The lowest BCUT2D eigenvalue weighted by Gasteiger charge is -2.28. The minimum absolute atomic E-state index is 0.00988. The Kier molecular flexibility index (Phi) is 13.8. The Hall–Kier alpha value is -7.18. The van der Waals surface area contributed by atoms with Gasteiger partial charge in [0.1, 0.15) is 17.7 Å². The van der Waals surface area contributed by atoms with E-state index in [1.807, 2.05) is 36.4 Å². The molecule has 2 aliphatic carbocycles. The quantitative estimate of drug-likeness (QED) is 0.0547. The van der Waals surface area contributed by atoms with Crippen LogP contribution in [0.5, 0.6) is 0 Å². The molecule has 5 aromatic rings. The van der Waals surface area contributed by atoms with E-state index in [-0.39, 0.29) is 48.8 Å². The van der Waals surface area contributed by atoms with Gasteiger partial charge in [-0.3, -0.25) is 49.0 Å². The molecule has 2 aliphatic heterocycles. The Morgan fingerprint density at radius 2 is 1.64 bits per heavy atom. The van der Waals surface area contributed by atoms with Crippen molar-refractivity contribution >= 4 is 63.7 Å². The van der Waals surface area contributed by atoms with Gasteiger partial charge in [-0.1, -0.05) is 18.2 Å². The van der Waals surface area contributed by atoms with Gasteiger partial charge in [-0.2, -0.15) is 0 Å². The van der Waals surface area contributed by atoms with E-state index >= 15 is 0 Å². The number of aromatic nitrogens is 4. The molecule has 6 heterocycles. The molecule has 18 heteroatoms. The zero-order valence-corrected chi connectivity index (χ0v) is 36.9. The van der Waals surface area contributed by atoms with Crippen molar-refractivity contribution < 1.29 is 38.2 Å². The van der Waals surface area contributed by atoms with Crippen LogP contribution in [0.25, 0.3) is 10.9 Å². The lowest BCUT2D eigenvalue weighted by atomic mass is 9.85. The molecule has 4 aromatic heterocycles. The molecule has 2 saturated carbocycles. The number of pyridine rings is 4. The van der Waals surface area contributed by atoms with Gasteiger partial charge in [0.15, 0.2) is 0 Å². The van der Waals surface area contributed by atoms with Crippen LogP contribution >= 0.6 is 0 Å². The molecule has 346 valence electrons. The molecule has 0 bridgehead atoms. The Morgan fingerprint density at radius 3 is 2.45 bits per heavy atom. The number of carbonyl (C=O) groups is 6. The lowest BCUT2D eigenvalue weighted by Crippen LogP contribution is -2.54. The van der Waals surface area contributed by atoms with Crippen molar-refractivity contribution in [2.45, 2.75) is 95.5 Å². The van der Waals surface area contributed by atoms with Crippen LogP contribution in [-0.2, 0) is 43.5 Å². The minimum atomic E-state index is -1.00. The number of rotatable bonds is 19. The number of ether oxygens (including phenoxy) is 2. The Morgan fingerprint density at radius 1 is 0.806 bits per heavy atom. The number of hydrogen-bond donors (Lipinski definition) is 5. The predicted octanol–water partition coefficient (Wildman–Crippen LogP) is 4.91. The second-order valence-electron chi connectivity index (χ2n) is 17.4. The van der Waals surface area contributed by atoms with E-state index in [9.17, 15) is 28.8 Å². The van der Waals surface area contributed by atoms with Crippen LogP contribution in [0, 0.1) is 5.92 Å². The van der Waals surface area contributed by atoms with Crippen molar-refractivity contribution in [1.82, 2.24) is 40.8 Å². The number of amides is 6. The molecule has 18 nitrogen and oxygen atoms in total. The molecular formula is C49H52N10O8. The van der Waals surface area contributed by atoms with Crippen molar-refractivity contribution in [3.8, 4) is 0 Å². The summed E-state index contributed by atoms with van der Waals surface area (Å²) in [4.78, 5) is 95.8. The molecule has 1 unspecified atom stereocenters. The fraction of sp³-hybridized carbons (Fsp3) is 0.388. The maximum Gasteiger partial charge on any atom is 0.262 e. The van der Waals surface area contributed by atoms with Crippen LogP contribution in [0.1, 0.15) is 106 Å². The summed E-state index contributed by atoms with van der Waals surface area (Å²) in [6, 6.07) is 15.7. The SMILES string of the molecule is O=C1CCC(N2C(=O)c3cccc(CCCOCc4ccc(COCCNC(=O)C5CCC(NC(=O)c6cnc(Nc7ccc8cnccc8n7)cc6NC6CC6)CC5)nc4)c3C2=O)C(=O)N1. The van der Waals surface area contributed by atoms with Crippen LogP contribution in [0.15, 0.2) is 79.4 Å². The van der Waals surface area contributed by atoms with Crippen LogP contribution in [-0.4, -0.2) is 98.2 Å². The summed E-state index contributed by atoms with van der Waals surface area (Å²) < 4.78 is 11.7. The fourth-order valence-corrected chi connectivity index (χ4v) is 8.74. The smallest absolute Gasteiger partial charge is 0.262 e. The number of imide groups is 2. The van der Waals surface area contributed by atoms with Crippen molar-refractivity contribution in [3.05, 3.63) is 113 Å². The average Bonchev–Trinajstić information content (AvgIpc) is 4.12. The largest absolute Gasteiger partial charge is 0.382 e. The third-order valence-electron chi connectivity index (χ3n) is 12.5. The van der Waals surface area contributed by atoms with E-state index in [0.717, 1.165) is 45.6 Å². The van der Waals surface area contributed by atoms with Crippen molar-refractivity contribution in [1.29, 1.82) is 0 Å². The number of anilines is 3. The van der Waals surface area contributed by atoms with Gasteiger partial charge in [0.05, 0.1) is 53.4 Å². The Balaban J connectivity index is 0.648. The first-order chi connectivity index (χ1) is 32.7. The third-order valence-corrected chi connectivity index (χ3v) is 12.5. The van der Waals surface area contributed by atoms with Gasteiger partial charge in [-0.05, 0) is 99.2 Å². The number of carbonyl (C=O) groups excluding carboxylic acids is 6. The molecule has 0 spiro atoms. The van der Waals surface area contributed by atoms with Crippen LogP contribution in [0.4, 0.5) is 17.3 Å². The van der Waals surface area contributed by atoms with E-state index in [1.165, 1.54) is 0 Å². The first kappa shape index (κ1) is 45.0.